The molecule has 1 unspecified atom stereocenters. The first-order valence-corrected chi connectivity index (χ1v) is 14.7. The number of nitrogens with one attached hydrogen (secondary N) is 1. The SMILES string of the molecule is COc1cc2ncnc(Oc3cnn(CC(=O)Nc4ccc(Cl)c(OCC5CCCN5C(=O)OC(C)(C)C)c4)c3)c2cc1OC. The predicted octanol–water partition coefficient (Wildman–Crippen LogP) is 5.71. The van der Waals surface area contributed by atoms with E-state index in [2.05, 4.69) is 20.4 Å². The summed E-state index contributed by atoms with van der Waals surface area (Å²) in [5.41, 5.74) is 0.524. The Morgan fingerprint density at radius 1 is 1.07 bits per heavy atom. The van der Waals surface area contributed by atoms with Gasteiger partial charge in [-0.15, -0.1) is 0 Å². The molecule has 0 aliphatic carbocycles. The number of aromatic nitrogens is 4. The van der Waals surface area contributed by atoms with Crippen LogP contribution in [-0.4, -0.2) is 75.7 Å². The smallest absolute Gasteiger partial charge is 0.410 e. The molecule has 1 aliphatic rings. The Morgan fingerprint density at radius 3 is 2.60 bits per heavy atom. The molecule has 5 rings (SSSR count). The van der Waals surface area contributed by atoms with Crippen molar-refractivity contribution in [3.05, 3.63) is 54.1 Å². The molecule has 0 radical (unpaired) electrons. The van der Waals surface area contributed by atoms with Crippen molar-refractivity contribution in [3.63, 3.8) is 0 Å². The van der Waals surface area contributed by atoms with Gasteiger partial charge in [-0.2, -0.15) is 5.10 Å². The molecule has 1 atom stereocenters. The number of carbonyl (C=O) groups excluding carboxylic acids is 2. The van der Waals surface area contributed by atoms with Gasteiger partial charge in [0.25, 0.3) is 0 Å². The van der Waals surface area contributed by atoms with Gasteiger partial charge in [0, 0.05) is 24.4 Å². The van der Waals surface area contributed by atoms with E-state index in [1.165, 1.54) is 17.2 Å². The monoisotopic (exact) mass is 638 g/mol. The van der Waals surface area contributed by atoms with Gasteiger partial charge in [0.05, 0.1) is 48.6 Å². The number of amides is 2. The van der Waals surface area contributed by atoms with Gasteiger partial charge in [-0.05, 0) is 51.8 Å². The van der Waals surface area contributed by atoms with Crippen LogP contribution in [0.2, 0.25) is 5.02 Å². The molecular formula is C31H35ClN6O7. The maximum atomic E-state index is 12.9. The molecular weight excluding hydrogens is 604 g/mol. The van der Waals surface area contributed by atoms with Crippen molar-refractivity contribution < 1.29 is 33.3 Å². The van der Waals surface area contributed by atoms with Crippen molar-refractivity contribution in [1.29, 1.82) is 0 Å². The summed E-state index contributed by atoms with van der Waals surface area (Å²) in [6.07, 6.45) is 5.74. The Labute approximate surface area is 265 Å². The van der Waals surface area contributed by atoms with Crippen LogP contribution < -0.4 is 24.3 Å². The molecule has 2 aromatic carbocycles. The minimum Gasteiger partial charge on any atom is -0.493 e. The van der Waals surface area contributed by atoms with Crippen LogP contribution in [0.3, 0.4) is 0 Å². The summed E-state index contributed by atoms with van der Waals surface area (Å²) >= 11 is 6.38. The number of carbonyl (C=O) groups is 2. The van der Waals surface area contributed by atoms with Crippen molar-refractivity contribution in [2.45, 2.75) is 51.8 Å². The molecule has 1 fully saturated rings. The fraction of sp³-hybridized carbons (Fsp3) is 0.387. The molecule has 1 aliphatic heterocycles. The van der Waals surface area contributed by atoms with E-state index in [1.807, 2.05) is 20.8 Å². The van der Waals surface area contributed by atoms with Gasteiger partial charge in [0.2, 0.25) is 11.8 Å². The fourth-order valence-corrected chi connectivity index (χ4v) is 5.00. The highest BCUT2D eigenvalue weighted by molar-refractivity contribution is 6.32. The summed E-state index contributed by atoms with van der Waals surface area (Å²) < 4.78 is 29.7. The van der Waals surface area contributed by atoms with Crippen LogP contribution in [0.4, 0.5) is 10.5 Å². The van der Waals surface area contributed by atoms with Crippen molar-refractivity contribution in [1.82, 2.24) is 24.6 Å². The van der Waals surface area contributed by atoms with Crippen LogP contribution in [0.25, 0.3) is 10.9 Å². The van der Waals surface area contributed by atoms with Crippen LogP contribution in [0, 0.1) is 0 Å². The van der Waals surface area contributed by atoms with E-state index in [9.17, 15) is 9.59 Å². The number of fused-ring (bicyclic) bond motifs is 1. The molecule has 238 valence electrons. The molecule has 14 heteroatoms. The Morgan fingerprint density at radius 2 is 1.84 bits per heavy atom. The molecule has 1 saturated heterocycles. The Hall–Kier alpha value is -4.78. The molecule has 2 amide bonds. The van der Waals surface area contributed by atoms with Crippen LogP contribution in [-0.2, 0) is 16.1 Å². The Balaban J connectivity index is 1.19. The lowest BCUT2D eigenvalue weighted by atomic mass is 10.2. The Bertz CT molecular complexity index is 1690. The molecule has 45 heavy (non-hydrogen) atoms. The van der Waals surface area contributed by atoms with Crippen LogP contribution in [0.1, 0.15) is 33.6 Å². The second-order valence-corrected chi connectivity index (χ2v) is 11.8. The number of rotatable bonds is 10. The minimum atomic E-state index is -0.582. The number of hydrogen-bond donors (Lipinski definition) is 1. The molecule has 3 heterocycles. The van der Waals surface area contributed by atoms with Gasteiger partial charge in [-0.1, -0.05) is 11.6 Å². The van der Waals surface area contributed by atoms with Gasteiger partial charge in [0.1, 0.15) is 30.8 Å². The van der Waals surface area contributed by atoms with Crippen molar-refractivity contribution in [2.75, 3.05) is 32.7 Å². The second-order valence-electron chi connectivity index (χ2n) is 11.4. The van der Waals surface area contributed by atoms with Crippen LogP contribution in [0.15, 0.2) is 49.1 Å². The predicted molar refractivity (Wildman–Crippen MR) is 166 cm³/mol. The number of benzene rings is 2. The summed E-state index contributed by atoms with van der Waals surface area (Å²) in [6, 6.07) is 8.29. The van der Waals surface area contributed by atoms with E-state index < -0.39 is 5.60 Å². The van der Waals surface area contributed by atoms with Crippen molar-refractivity contribution in [3.8, 4) is 28.9 Å². The third-order valence-electron chi connectivity index (χ3n) is 6.89. The molecule has 0 saturated carbocycles. The topological polar surface area (TPSA) is 139 Å². The largest absolute Gasteiger partial charge is 0.493 e. The molecule has 2 aromatic heterocycles. The van der Waals surface area contributed by atoms with Gasteiger partial charge in [0.15, 0.2) is 17.2 Å². The lowest BCUT2D eigenvalue weighted by Gasteiger charge is -2.28. The van der Waals surface area contributed by atoms with E-state index in [4.69, 9.17) is 35.3 Å². The Kier molecular flexibility index (Phi) is 9.47. The molecule has 0 spiro atoms. The standard InChI is InChI=1S/C31H35ClN6O7/c1-31(2,3)45-30(40)38-10-6-7-20(38)17-43-25-11-19(8-9-23(25)32)36-28(39)16-37-15-21(14-35-37)44-29-22-12-26(41-4)27(42-5)13-24(22)33-18-34-29/h8-9,11-15,18,20H,6-7,10,16-17H2,1-5H3,(H,36,39). The van der Waals surface area contributed by atoms with Gasteiger partial charge in [-0.25, -0.2) is 14.8 Å². The number of nitrogens with zero attached hydrogens (tertiary/aromatic N) is 5. The van der Waals surface area contributed by atoms with Gasteiger partial charge >= 0.3 is 6.09 Å². The highest BCUT2D eigenvalue weighted by Crippen LogP contribution is 2.36. The third kappa shape index (κ3) is 7.85. The number of anilines is 1. The first-order valence-electron chi connectivity index (χ1n) is 14.3. The summed E-state index contributed by atoms with van der Waals surface area (Å²) in [5, 5.41) is 8.08. The van der Waals surface area contributed by atoms with E-state index in [0.29, 0.717) is 57.0 Å². The highest BCUT2D eigenvalue weighted by Gasteiger charge is 2.32. The first kappa shape index (κ1) is 31.6. The first-order chi connectivity index (χ1) is 21.5. The third-order valence-corrected chi connectivity index (χ3v) is 7.20. The number of ether oxygens (including phenoxy) is 5. The zero-order chi connectivity index (χ0) is 32.1. The number of halogens is 1. The van der Waals surface area contributed by atoms with Gasteiger partial charge < -0.3 is 33.9 Å². The number of hydrogen-bond acceptors (Lipinski definition) is 10. The average Bonchev–Trinajstić information content (AvgIpc) is 3.65. The van der Waals surface area contributed by atoms with Crippen molar-refractivity contribution >= 4 is 40.2 Å². The molecule has 0 bridgehead atoms. The summed E-state index contributed by atoms with van der Waals surface area (Å²) in [6.45, 7) is 6.28. The van der Waals surface area contributed by atoms with Crippen LogP contribution >= 0.6 is 11.6 Å². The van der Waals surface area contributed by atoms with Gasteiger partial charge in [-0.3, -0.25) is 9.48 Å². The number of methoxy groups -OCH3 is 2. The summed E-state index contributed by atoms with van der Waals surface area (Å²) in [5.74, 6) is 1.79. The fourth-order valence-electron chi connectivity index (χ4n) is 4.83. The maximum Gasteiger partial charge on any atom is 0.410 e. The second kappa shape index (κ2) is 13.5. The van der Waals surface area contributed by atoms with E-state index in [-0.39, 0.29) is 31.2 Å². The van der Waals surface area contributed by atoms with Crippen LogP contribution in [0.5, 0.6) is 28.9 Å². The maximum absolute atomic E-state index is 12.9. The lowest BCUT2D eigenvalue weighted by molar-refractivity contribution is -0.116. The summed E-state index contributed by atoms with van der Waals surface area (Å²) in [7, 11) is 3.09. The quantitative estimate of drug-likeness (QED) is 0.230. The van der Waals surface area contributed by atoms with E-state index >= 15 is 0 Å². The molecule has 13 nitrogen and oxygen atoms in total. The number of likely N-dealkylation sites (tertiary alicyclic amines) is 1. The van der Waals surface area contributed by atoms with Crippen molar-refractivity contribution in [2.24, 2.45) is 0 Å². The molecule has 4 aromatic rings. The lowest BCUT2D eigenvalue weighted by Crippen LogP contribution is -2.42. The zero-order valence-electron chi connectivity index (χ0n) is 25.7. The zero-order valence-corrected chi connectivity index (χ0v) is 26.5. The van der Waals surface area contributed by atoms with E-state index in [0.717, 1.165) is 12.8 Å². The summed E-state index contributed by atoms with van der Waals surface area (Å²) in [4.78, 5) is 35.7. The normalized spacial score (nSPS) is 14.7. The molecule has 1 N–H and O–H groups in total. The van der Waals surface area contributed by atoms with E-state index in [1.54, 1.807) is 55.6 Å². The highest BCUT2D eigenvalue weighted by atomic mass is 35.5. The average molecular weight is 639 g/mol. The minimum absolute atomic E-state index is 0.0787.